The Morgan fingerprint density at radius 2 is 0.625 bits per heavy atom. The quantitative estimate of drug-likeness (QED) is 0.156. The fraction of sp³-hybridized carbons (Fsp3) is 0. The van der Waals surface area contributed by atoms with E-state index in [-0.39, 0.29) is 0 Å². The van der Waals surface area contributed by atoms with Crippen LogP contribution in [0.25, 0.3) is 154 Å². The maximum atomic E-state index is 7.12. The van der Waals surface area contributed by atoms with Crippen molar-refractivity contribution in [3.8, 4) is 111 Å². The highest BCUT2D eigenvalue weighted by atomic mass is 35.5. The minimum atomic E-state index is 0.704. The molecule has 0 fully saturated rings. The molecule has 334 valence electrons. The molecule has 2 aliphatic rings. The van der Waals surface area contributed by atoms with Crippen LogP contribution in [-0.4, -0.2) is 0 Å². The summed E-state index contributed by atoms with van der Waals surface area (Å²) in [6.07, 6.45) is 0. The molecule has 0 bridgehead atoms. The molecule has 2 heteroatoms. The van der Waals surface area contributed by atoms with Crippen LogP contribution in [0.5, 0.6) is 0 Å². The van der Waals surface area contributed by atoms with E-state index in [0.29, 0.717) is 5.02 Å². The maximum Gasteiger partial charge on any atom is 0.0418 e. The molecule has 0 heterocycles. The second-order valence-corrected chi connectivity index (χ2v) is 20.2. The molecule has 0 saturated heterocycles. The maximum absolute atomic E-state index is 7.12. The second-order valence-electron chi connectivity index (χ2n) is 19.3. The van der Waals surface area contributed by atoms with Gasteiger partial charge in [-0.1, -0.05) is 223 Å². The van der Waals surface area contributed by atoms with E-state index in [9.17, 15) is 0 Å². The first-order valence-electron chi connectivity index (χ1n) is 24.6. The van der Waals surface area contributed by atoms with E-state index in [4.69, 9.17) is 23.2 Å². The summed E-state index contributed by atoms with van der Waals surface area (Å²) in [6.45, 7) is 0. The zero-order valence-electron chi connectivity index (χ0n) is 38.8. The fourth-order valence-electron chi connectivity index (χ4n) is 12.3. The van der Waals surface area contributed by atoms with Gasteiger partial charge in [0.2, 0.25) is 0 Å². The molecule has 13 aromatic rings. The fourth-order valence-corrected chi connectivity index (χ4v) is 12.7. The molecule has 15 rings (SSSR count). The molecular weight excluding hydrogens is 912 g/mol. The Morgan fingerprint density at radius 3 is 1.36 bits per heavy atom. The van der Waals surface area contributed by atoms with Crippen molar-refractivity contribution in [2.45, 2.75) is 0 Å². The van der Waals surface area contributed by atoms with Gasteiger partial charge in [-0.25, -0.2) is 0 Å². The number of fused-ring (bicyclic) bond motifs is 8. The third-order valence-corrected chi connectivity index (χ3v) is 15.9. The van der Waals surface area contributed by atoms with Gasteiger partial charge in [0, 0.05) is 10.0 Å². The number of halogens is 2. The standard InChI is InChI=1S/C70H40Cl2/c71-49-28-26-43(27-29-49)52-31-35-65-68-58(52)21-9-23-64(68)69-63(34-33-62(70(65)69)54-18-6-11-41-10-1-2-15-51(41)54)57-19-7-12-42-24-25-45(40-66(42)57)48-37-47(38-50(72)39-48)44-13-5-14-46(36-44)53-30-32-61-56-17-4-3-16-55(56)60-22-8-20-59(53)67(60)61/h1-40H. The van der Waals surface area contributed by atoms with Crippen molar-refractivity contribution in [3.63, 3.8) is 0 Å². The first-order valence-corrected chi connectivity index (χ1v) is 25.4. The van der Waals surface area contributed by atoms with Crippen LogP contribution in [0.3, 0.4) is 0 Å². The van der Waals surface area contributed by atoms with Gasteiger partial charge in [0.25, 0.3) is 0 Å². The van der Waals surface area contributed by atoms with Gasteiger partial charge in [-0.2, -0.15) is 0 Å². The Morgan fingerprint density at radius 1 is 0.194 bits per heavy atom. The highest BCUT2D eigenvalue weighted by molar-refractivity contribution is 6.31. The van der Waals surface area contributed by atoms with Gasteiger partial charge >= 0.3 is 0 Å². The van der Waals surface area contributed by atoms with Crippen molar-refractivity contribution in [3.05, 3.63) is 253 Å². The summed E-state index contributed by atoms with van der Waals surface area (Å²) in [5.74, 6) is 0. The number of benzene rings is 13. The van der Waals surface area contributed by atoms with Gasteiger partial charge in [-0.05, 0) is 197 Å². The number of hydrogen-bond donors (Lipinski definition) is 0. The van der Waals surface area contributed by atoms with Crippen LogP contribution < -0.4 is 0 Å². The van der Waals surface area contributed by atoms with Crippen molar-refractivity contribution in [2.24, 2.45) is 0 Å². The smallest absolute Gasteiger partial charge is 0.0418 e. The Balaban J connectivity index is 0.879. The van der Waals surface area contributed by atoms with E-state index >= 15 is 0 Å². The first-order chi connectivity index (χ1) is 35.5. The summed E-state index contributed by atoms with van der Waals surface area (Å²) in [5.41, 5.74) is 24.3. The highest BCUT2D eigenvalue weighted by Gasteiger charge is 2.30. The summed E-state index contributed by atoms with van der Waals surface area (Å²) in [4.78, 5) is 0. The van der Waals surface area contributed by atoms with E-state index in [1.807, 2.05) is 12.1 Å². The molecule has 0 amide bonds. The minimum Gasteiger partial charge on any atom is -0.0843 e. The summed E-state index contributed by atoms with van der Waals surface area (Å²) in [7, 11) is 0. The number of hydrogen-bond acceptors (Lipinski definition) is 0. The zero-order chi connectivity index (χ0) is 47.6. The summed E-state index contributed by atoms with van der Waals surface area (Å²) in [5, 5.41) is 11.4. The summed E-state index contributed by atoms with van der Waals surface area (Å²) >= 11 is 13.5. The molecule has 13 aromatic carbocycles. The van der Waals surface area contributed by atoms with Crippen molar-refractivity contribution in [1.29, 1.82) is 0 Å². The van der Waals surface area contributed by atoms with Crippen LogP contribution in [0, 0.1) is 0 Å². The van der Waals surface area contributed by atoms with Crippen LogP contribution in [-0.2, 0) is 0 Å². The van der Waals surface area contributed by atoms with Crippen LogP contribution >= 0.6 is 23.2 Å². The Hall–Kier alpha value is -8.52. The average molecular weight is 952 g/mol. The lowest BCUT2D eigenvalue weighted by Crippen LogP contribution is -1.92. The molecule has 0 atom stereocenters. The molecule has 72 heavy (non-hydrogen) atoms. The lowest BCUT2D eigenvalue weighted by Gasteiger charge is -2.18. The minimum absolute atomic E-state index is 0.704. The van der Waals surface area contributed by atoms with Gasteiger partial charge < -0.3 is 0 Å². The molecular formula is C70H40Cl2. The molecule has 0 unspecified atom stereocenters. The van der Waals surface area contributed by atoms with Gasteiger partial charge in [-0.3, -0.25) is 0 Å². The lowest BCUT2D eigenvalue weighted by molar-refractivity contribution is 1.58. The third kappa shape index (κ3) is 6.26. The molecule has 0 aliphatic heterocycles. The van der Waals surface area contributed by atoms with E-state index < -0.39 is 0 Å². The first kappa shape index (κ1) is 41.3. The van der Waals surface area contributed by atoms with Crippen LogP contribution in [0.4, 0.5) is 0 Å². The predicted octanol–water partition coefficient (Wildman–Crippen LogP) is 20.9. The molecule has 0 N–H and O–H groups in total. The van der Waals surface area contributed by atoms with Gasteiger partial charge in [-0.15, -0.1) is 0 Å². The van der Waals surface area contributed by atoms with Gasteiger partial charge in [0.1, 0.15) is 0 Å². The lowest BCUT2D eigenvalue weighted by atomic mass is 9.85. The molecule has 0 radical (unpaired) electrons. The molecule has 0 aromatic heterocycles. The average Bonchev–Trinajstić information content (AvgIpc) is 3.95. The number of rotatable bonds is 6. The predicted molar refractivity (Wildman–Crippen MR) is 308 cm³/mol. The topological polar surface area (TPSA) is 0 Å². The normalized spacial score (nSPS) is 12.0. The third-order valence-electron chi connectivity index (χ3n) is 15.5. The second kappa shape index (κ2) is 16.0. The van der Waals surface area contributed by atoms with Crippen molar-refractivity contribution in [1.82, 2.24) is 0 Å². The Labute approximate surface area is 427 Å². The molecule has 0 nitrogen and oxygen atoms in total. The molecule has 0 saturated carbocycles. The summed E-state index contributed by atoms with van der Waals surface area (Å²) in [6, 6.07) is 89.0. The van der Waals surface area contributed by atoms with Crippen LogP contribution in [0.2, 0.25) is 10.0 Å². The van der Waals surface area contributed by atoms with Crippen LogP contribution in [0.1, 0.15) is 0 Å². The monoisotopic (exact) mass is 950 g/mol. The zero-order valence-corrected chi connectivity index (χ0v) is 40.4. The SMILES string of the molecule is Clc1ccc(-c2ccc3c4c(cccc24)-c2c(-c4cccc5ccc(-c6cc(Cl)cc(-c7cccc(-c8ccc9c%10c(cccc8%10)-c8ccccc8-9)c7)c6)cc45)ccc(-c4cccc5ccccc45)c2-3)cc1. The largest absolute Gasteiger partial charge is 0.0843 e. The van der Waals surface area contributed by atoms with E-state index in [1.165, 1.54) is 127 Å². The van der Waals surface area contributed by atoms with E-state index in [0.717, 1.165) is 32.8 Å². The summed E-state index contributed by atoms with van der Waals surface area (Å²) < 4.78 is 0. The Bertz CT molecular complexity index is 4430. The van der Waals surface area contributed by atoms with Gasteiger partial charge in [0.05, 0.1) is 0 Å². The van der Waals surface area contributed by atoms with Crippen molar-refractivity contribution in [2.75, 3.05) is 0 Å². The van der Waals surface area contributed by atoms with Gasteiger partial charge in [0.15, 0.2) is 0 Å². The Kier molecular flexibility index (Phi) is 9.18. The van der Waals surface area contributed by atoms with E-state index in [2.05, 4.69) is 231 Å². The van der Waals surface area contributed by atoms with E-state index in [1.54, 1.807) is 0 Å². The van der Waals surface area contributed by atoms with Crippen molar-refractivity contribution < 1.29 is 0 Å². The van der Waals surface area contributed by atoms with Crippen molar-refractivity contribution >= 4 is 66.3 Å². The van der Waals surface area contributed by atoms with Crippen LogP contribution in [0.15, 0.2) is 243 Å². The molecule has 2 aliphatic carbocycles. The molecule has 0 spiro atoms. The highest BCUT2D eigenvalue weighted by Crippen LogP contribution is 2.57.